The van der Waals surface area contributed by atoms with Crippen LogP contribution in [0.5, 0.6) is 0 Å². The van der Waals surface area contributed by atoms with Gasteiger partial charge in [0, 0.05) is 37.8 Å². The number of hydrogen-bond donors (Lipinski definition) is 0. The number of carbonyl (C=O) groups excluding carboxylic acids is 1. The predicted octanol–water partition coefficient (Wildman–Crippen LogP) is 8.22. The third-order valence-electron chi connectivity index (χ3n) is 8.66. The lowest BCUT2D eigenvalue weighted by Gasteiger charge is -2.42. The Morgan fingerprint density at radius 1 is 0.850 bits per heavy atom. The van der Waals surface area contributed by atoms with E-state index >= 15 is 0 Å². The number of hydrogen-bond acceptors (Lipinski definition) is 4. The Kier molecular flexibility index (Phi) is 11.1. The molecule has 5 heteroatoms. The second kappa shape index (κ2) is 14.5. The van der Waals surface area contributed by atoms with Gasteiger partial charge in [0.2, 0.25) is 0 Å². The standard InChI is InChI=1S/C35H52N2O3/c1-27-23-33(24-28(2)37(27)34(38)40-35(3,4)5)39-22-12-17-29-18-20-32(21-19-29)36(25-30-13-8-6-9-14-30)26-31-15-10-7-11-16-31/h6-11,13-16,27-29,32-33H,12,17-26H2,1-5H3/t27?,28?,29-,32-,33?. The van der Waals surface area contributed by atoms with Gasteiger partial charge in [0.1, 0.15) is 5.60 Å². The van der Waals surface area contributed by atoms with E-state index in [9.17, 15) is 4.79 Å². The molecule has 0 radical (unpaired) electrons. The maximum absolute atomic E-state index is 12.7. The van der Waals surface area contributed by atoms with Crippen molar-refractivity contribution in [2.45, 2.75) is 129 Å². The van der Waals surface area contributed by atoms with Crippen molar-refractivity contribution in [1.82, 2.24) is 9.80 Å². The largest absolute Gasteiger partial charge is 0.444 e. The molecule has 1 aliphatic heterocycles. The summed E-state index contributed by atoms with van der Waals surface area (Å²) in [6.07, 6.45) is 9.36. The normalized spacial score (nSPS) is 25.6. The third kappa shape index (κ3) is 9.34. The molecular formula is C35H52N2O3. The number of ether oxygens (including phenoxy) is 2. The van der Waals surface area contributed by atoms with Gasteiger partial charge in [0.25, 0.3) is 0 Å². The van der Waals surface area contributed by atoms with E-state index in [2.05, 4.69) is 79.4 Å². The lowest BCUT2D eigenvalue weighted by Crippen LogP contribution is -2.53. The number of likely N-dealkylation sites (tertiary alicyclic amines) is 1. The van der Waals surface area contributed by atoms with Crippen molar-refractivity contribution in [2.75, 3.05) is 6.61 Å². The van der Waals surface area contributed by atoms with Crippen LogP contribution in [0.2, 0.25) is 0 Å². The third-order valence-corrected chi connectivity index (χ3v) is 8.66. The van der Waals surface area contributed by atoms with Gasteiger partial charge < -0.3 is 14.4 Å². The maximum atomic E-state index is 12.7. The first kappa shape index (κ1) is 30.6. The molecule has 0 bridgehead atoms. The van der Waals surface area contributed by atoms with Crippen LogP contribution in [-0.4, -0.2) is 52.3 Å². The number of piperidine rings is 1. The summed E-state index contributed by atoms with van der Waals surface area (Å²) in [4.78, 5) is 17.3. The van der Waals surface area contributed by atoms with Gasteiger partial charge >= 0.3 is 6.09 Å². The van der Waals surface area contributed by atoms with Crippen molar-refractivity contribution >= 4 is 6.09 Å². The predicted molar refractivity (Wildman–Crippen MR) is 163 cm³/mol. The molecule has 2 aromatic rings. The van der Waals surface area contributed by atoms with Crippen LogP contribution in [0.1, 0.15) is 97.1 Å². The van der Waals surface area contributed by atoms with Crippen LogP contribution in [0.3, 0.4) is 0 Å². The number of carbonyl (C=O) groups is 1. The minimum Gasteiger partial charge on any atom is -0.444 e. The van der Waals surface area contributed by atoms with E-state index in [4.69, 9.17) is 9.47 Å². The minimum atomic E-state index is -0.467. The molecule has 1 heterocycles. The molecule has 0 aromatic heterocycles. The Morgan fingerprint density at radius 3 is 1.88 bits per heavy atom. The summed E-state index contributed by atoms with van der Waals surface area (Å²) in [5, 5.41) is 0. The number of benzene rings is 2. The summed E-state index contributed by atoms with van der Waals surface area (Å²) in [6.45, 7) is 12.9. The molecule has 0 spiro atoms. The molecular weight excluding hydrogens is 496 g/mol. The van der Waals surface area contributed by atoms with E-state index in [0.29, 0.717) is 6.04 Å². The highest BCUT2D eigenvalue weighted by atomic mass is 16.6. The molecule has 220 valence electrons. The Labute approximate surface area is 243 Å². The van der Waals surface area contributed by atoms with Crippen LogP contribution in [0.25, 0.3) is 0 Å². The summed E-state index contributed by atoms with van der Waals surface area (Å²) in [5.41, 5.74) is 2.34. The maximum Gasteiger partial charge on any atom is 0.410 e. The zero-order valence-electron chi connectivity index (χ0n) is 25.6. The highest BCUT2D eigenvalue weighted by Gasteiger charge is 2.36. The summed E-state index contributed by atoms with van der Waals surface area (Å²) in [5.74, 6) is 0.807. The van der Waals surface area contributed by atoms with E-state index in [1.54, 1.807) is 0 Å². The zero-order chi connectivity index (χ0) is 28.5. The summed E-state index contributed by atoms with van der Waals surface area (Å²) in [7, 11) is 0. The van der Waals surface area contributed by atoms with Crippen LogP contribution in [0.4, 0.5) is 4.79 Å². The van der Waals surface area contributed by atoms with Gasteiger partial charge in [-0.3, -0.25) is 4.90 Å². The van der Waals surface area contributed by atoms with Crippen molar-refractivity contribution in [3.8, 4) is 0 Å². The lowest BCUT2D eigenvalue weighted by molar-refractivity contribution is -0.0467. The fraction of sp³-hybridized carbons (Fsp3) is 0.629. The van der Waals surface area contributed by atoms with Crippen LogP contribution >= 0.6 is 0 Å². The van der Waals surface area contributed by atoms with Crippen LogP contribution < -0.4 is 0 Å². The van der Waals surface area contributed by atoms with Gasteiger partial charge in [0.15, 0.2) is 0 Å². The average molecular weight is 549 g/mol. The molecule has 2 fully saturated rings. The van der Waals surface area contributed by atoms with E-state index in [0.717, 1.165) is 44.9 Å². The smallest absolute Gasteiger partial charge is 0.410 e. The number of amides is 1. The number of nitrogens with zero attached hydrogens (tertiary/aromatic N) is 2. The topological polar surface area (TPSA) is 42.0 Å². The summed E-state index contributed by atoms with van der Waals surface area (Å²) >= 11 is 0. The molecule has 1 saturated heterocycles. The Balaban J connectivity index is 1.18. The molecule has 1 aliphatic carbocycles. The Bertz CT molecular complexity index is 960. The van der Waals surface area contributed by atoms with Gasteiger partial charge in [-0.05, 0) is 103 Å². The van der Waals surface area contributed by atoms with E-state index in [1.807, 2.05) is 25.7 Å². The Hall–Kier alpha value is -2.37. The Morgan fingerprint density at radius 2 is 1.38 bits per heavy atom. The van der Waals surface area contributed by atoms with Crippen LogP contribution in [0, 0.1) is 5.92 Å². The lowest BCUT2D eigenvalue weighted by atomic mass is 9.82. The zero-order valence-corrected chi connectivity index (χ0v) is 25.6. The van der Waals surface area contributed by atoms with Crippen molar-refractivity contribution in [1.29, 1.82) is 0 Å². The molecule has 4 rings (SSSR count). The molecule has 2 aliphatic rings. The molecule has 5 nitrogen and oxygen atoms in total. The van der Waals surface area contributed by atoms with Crippen molar-refractivity contribution < 1.29 is 14.3 Å². The van der Waals surface area contributed by atoms with Crippen LogP contribution in [-0.2, 0) is 22.6 Å². The second-order valence-electron chi connectivity index (χ2n) is 13.2. The van der Waals surface area contributed by atoms with E-state index in [1.165, 1.54) is 43.2 Å². The molecule has 2 aromatic carbocycles. The average Bonchev–Trinajstić information content (AvgIpc) is 2.91. The van der Waals surface area contributed by atoms with Crippen molar-refractivity contribution in [3.05, 3.63) is 71.8 Å². The van der Waals surface area contributed by atoms with Gasteiger partial charge in [-0.15, -0.1) is 0 Å². The molecule has 2 atom stereocenters. The van der Waals surface area contributed by atoms with E-state index < -0.39 is 5.60 Å². The SMILES string of the molecule is CC1CC(OCCC[C@H]2CC[C@H](N(Cc3ccccc3)Cc3ccccc3)CC2)CC(C)N1C(=O)OC(C)(C)C. The number of rotatable bonds is 10. The van der Waals surface area contributed by atoms with Gasteiger partial charge in [-0.1, -0.05) is 60.7 Å². The molecule has 1 amide bonds. The molecule has 1 saturated carbocycles. The summed E-state index contributed by atoms with van der Waals surface area (Å²) in [6, 6.07) is 22.8. The minimum absolute atomic E-state index is 0.133. The second-order valence-corrected chi connectivity index (χ2v) is 13.2. The monoisotopic (exact) mass is 548 g/mol. The first-order chi connectivity index (χ1) is 19.2. The fourth-order valence-corrected chi connectivity index (χ4v) is 6.70. The van der Waals surface area contributed by atoms with Gasteiger partial charge in [-0.2, -0.15) is 0 Å². The first-order valence-corrected chi connectivity index (χ1v) is 15.6. The van der Waals surface area contributed by atoms with Gasteiger partial charge in [-0.25, -0.2) is 4.79 Å². The molecule has 0 N–H and O–H groups in total. The van der Waals surface area contributed by atoms with Crippen molar-refractivity contribution in [3.63, 3.8) is 0 Å². The highest BCUT2D eigenvalue weighted by Crippen LogP contribution is 2.33. The van der Waals surface area contributed by atoms with Gasteiger partial charge in [0.05, 0.1) is 6.10 Å². The van der Waals surface area contributed by atoms with Crippen molar-refractivity contribution in [2.24, 2.45) is 5.92 Å². The quantitative estimate of drug-likeness (QED) is 0.281. The van der Waals surface area contributed by atoms with Crippen LogP contribution in [0.15, 0.2) is 60.7 Å². The highest BCUT2D eigenvalue weighted by molar-refractivity contribution is 5.69. The summed E-state index contributed by atoms with van der Waals surface area (Å²) < 4.78 is 12.0. The van der Waals surface area contributed by atoms with E-state index in [-0.39, 0.29) is 24.3 Å². The fourth-order valence-electron chi connectivity index (χ4n) is 6.70. The molecule has 2 unspecified atom stereocenters. The molecule has 40 heavy (non-hydrogen) atoms. The first-order valence-electron chi connectivity index (χ1n) is 15.6.